The van der Waals surface area contributed by atoms with E-state index in [-0.39, 0.29) is 11.9 Å². The fourth-order valence-electron chi connectivity index (χ4n) is 3.92. The van der Waals surface area contributed by atoms with E-state index < -0.39 is 0 Å². The summed E-state index contributed by atoms with van der Waals surface area (Å²) in [5.74, 6) is 0.444. The van der Waals surface area contributed by atoms with Crippen LogP contribution in [0.25, 0.3) is 33.4 Å². The first-order chi connectivity index (χ1) is 14.6. The zero-order valence-electron chi connectivity index (χ0n) is 16.5. The number of benzene rings is 1. The van der Waals surface area contributed by atoms with E-state index >= 15 is 0 Å². The molecule has 5 rings (SSSR count). The zero-order chi connectivity index (χ0) is 20.7. The number of nitrogen functional groups attached to an aromatic ring is 1. The number of nitrogens with one attached hydrogen (secondary N) is 1. The largest absolute Gasteiger partial charge is 0.398 e. The standard InChI is InChI=1S/C22H21FN6O/c1-13-12-30-9-8-29(13)20-11-16(17-10-14(23)2-3-18(17)24)15-4-6-25-22(21(15)27-20)19-5-7-26-28-19/h2-7,10-11,13H,8-9,12,24H2,1H3,(H,26,28). The quantitative estimate of drug-likeness (QED) is 0.507. The fourth-order valence-corrected chi connectivity index (χ4v) is 3.92. The molecule has 7 nitrogen and oxygen atoms in total. The molecule has 4 heterocycles. The van der Waals surface area contributed by atoms with Crippen molar-refractivity contribution in [3.8, 4) is 22.5 Å². The number of aromatic nitrogens is 4. The van der Waals surface area contributed by atoms with Gasteiger partial charge in [0.2, 0.25) is 0 Å². The number of H-pyrrole nitrogens is 1. The molecule has 4 aromatic rings. The molecule has 1 fully saturated rings. The van der Waals surface area contributed by atoms with Gasteiger partial charge in [0.1, 0.15) is 22.8 Å². The van der Waals surface area contributed by atoms with E-state index in [9.17, 15) is 4.39 Å². The van der Waals surface area contributed by atoms with Gasteiger partial charge in [-0.25, -0.2) is 9.37 Å². The lowest BCUT2D eigenvalue weighted by Crippen LogP contribution is -2.44. The second kappa shape index (κ2) is 7.38. The average molecular weight is 404 g/mol. The van der Waals surface area contributed by atoms with Gasteiger partial charge in [0.15, 0.2) is 0 Å². The molecule has 30 heavy (non-hydrogen) atoms. The van der Waals surface area contributed by atoms with E-state index in [0.29, 0.717) is 35.7 Å². The maximum atomic E-state index is 14.1. The first-order valence-corrected chi connectivity index (χ1v) is 9.81. The first kappa shape index (κ1) is 18.5. The summed E-state index contributed by atoms with van der Waals surface area (Å²) >= 11 is 0. The van der Waals surface area contributed by atoms with Crippen LogP contribution in [0.15, 0.2) is 48.8 Å². The molecular weight excluding hydrogens is 383 g/mol. The van der Waals surface area contributed by atoms with E-state index in [2.05, 4.69) is 27.0 Å². The maximum Gasteiger partial charge on any atom is 0.130 e. The lowest BCUT2D eigenvalue weighted by atomic mass is 9.98. The number of hydrogen-bond donors (Lipinski definition) is 2. The molecule has 0 aliphatic carbocycles. The van der Waals surface area contributed by atoms with Gasteiger partial charge in [0, 0.05) is 35.6 Å². The molecule has 0 amide bonds. The number of fused-ring (bicyclic) bond motifs is 1. The van der Waals surface area contributed by atoms with Crippen molar-refractivity contribution in [3.63, 3.8) is 0 Å². The van der Waals surface area contributed by atoms with Crippen LogP contribution in [0.3, 0.4) is 0 Å². The maximum absolute atomic E-state index is 14.1. The van der Waals surface area contributed by atoms with Crippen molar-refractivity contribution in [3.05, 3.63) is 54.6 Å². The Morgan fingerprint density at radius 2 is 2.07 bits per heavy atom. The van der Waals surface area contributed by atoms with E-state index in [1.807, 2.05) is 18.2 Å². The monoisotopic (exact) mass is 404 g/mol. The molecule has 0 bridgehead atoms. The third-order valence-electron chi connectivity index (χ3n) is 5.44. The lowest BCUT2D eigenvalue weighted by Gasteiger charge is -2.34. The smallest absolute Gasteiger partial charge is 0.130 e. The third kappa shape index (κ3) is 3.15. The number of anilines is 2. The molecule has 0 radical (unpaired) electrons. The number of halogens is 1. The fraction of sp³-hybridized carbons (Fsp3) is 0.227. The molecule has 3 aromatic heterocycles. The minimum absolute atomic E-state index is 0.161. The second-order valence-corrected chi connectivity index (χ2v) is 7.40. The highest BCUT2D eigenvalue weighted by atomic mass is 19.1. The normalized spacial score (nSPS) is 16.9. The van der Waals surface area contributed by atoms with Gasteiger partial charge >= 0.3 is 0 Å². The third-order valence-corrected chi connectivity index (χ3v) is 5.44. The molecule has 1 aliphatic rings. The molecular formula is C22H21FN6O. The Morgan fingerprint density at radius 1 is 1.17 bits per heavy atom. The number of nitrogens with two attached hydrogens (primary N) is 1. The molecule has 0 spiro atoms. The van der Waals surface area contributed by atoms with Crippen LogP contribution >= 0.6 is 0 Å². The van der Waals surface area contributed by atoms with E-state index in [0.717, 1.165) is 29.0 Å². The van der Waals surface area contributed by atoms with Crippen molar-refractivity contribution >= 4 is 22.4 Å². The Bertz CT molecular complexity index is 1210. The predicted octanol–water partition coefficient (Wildman–Crippen LogP) is 3.63. The van der Waals surface area contributed by atoms with Crippen molar-refractivity contribution in [2.45, 2.75) is 13.0 Å². The van der Waals surface area contributed by atoms with E-state index in [1.54, 1.807) is 18.5 Å². The molecule has 1 atom stereocenters. The second-order valence-electron chi connectivity index (χ2n) is 7.40. The number of rotatable bonds is 3. The van der Waals surface area contributed by atoms with E-state index in [4.69, 9.17) is 15.5 Å². The summed E-state index contributed by atoms with van der Waals surface area (Å²) in [6.45, 7) is 4.07. The van der Waals surface area contributed by atoms with Crippen LogP contribution in [0.4, 0.5) is 15.9 Å². The van der Waals surface area contributed by atoms with E-state index in [1.165, 1.54) is 12.1 Å². The van der Waals surface area contributed by atoms with Gasteiger partial charge < -0.3 is 15.4 Å². The number of pyridine rings is 2. The van der Waals surface area contributed by atoms with Crippen LogP contribution in [0.2, 0.25) is 0 Å². The molecule has 0 saturated carbocycles. The zero-order valence-corrected chi connectivity index (χ0v) is 16.5. The lowest BCUT2D eigenvalue weighted by molar-refractivity contribution is 0.0986. The van der Waals surface area contributed by atoms with Gasteiger partial charge in [0.05, 0.1) is 24.9 Å². The molecule has 1 saturated heterocycles. The van der Waals surface area contributed by atoms with Crippen LogP contribution in [0.5, 0.6) is 0 Å². The van der Waals surface area contributed by atoms with Crippen molar-refractivity contribution in [2.24, 2.45) is 0 Å². The van der Waals surface area contributed by atoms with Gasteiger partial charge in [-0.3, -0.25) is 10.1 Å². The molecule has 152 valence electrons. The Morgan fingerprint density at radius 3 is 2.87 bits per heavy atom. The summed E-state index contributed by atoms with van der Waals surface area (Å²) in [6.07, 6.45) is 3.39. The van der Waals surface area contributed by atoms with Crippen LogP contribution in [0, 0.1) is 5.82 Å². The van der Waals surface area contributed by atoms with Gasteiger partial charge in [0.25, 0.3) is 0 Å². The minimum Gasteiger partial charge on any atom is -0.398 e. The first-order valence-electron chi connectivity index (χ1n) is 9.81. The Balaban J connectivity index is 1.81. The predicted molar refractivity (Wildman–Crippen MR) is 115 cm³/mol. The number of aromatic amines is 1. The molecule has 8 heteroatoms. The summed E-state index contributed by atoms with van der Waals surface area (Å²) in [4.78, 5) is 11.7. The van der Waals surface area contributed by atoms with Crippen molar-refractivity contribution in [1.29, 1.82) is 0 Å². The van der Waals surface area contributed by atoms with Crippen LogP contribution < -0.4 is 10.6 Å². The number of nitrogens with zero attached hydrogens (tertiary/aromatic N) is 4. The van der Waals surface area contributed by atoms with Crippen molar-refractivity contribution < 1.29 is 9.13 Å². The van der Waals surface area contributed by atoms with Crippen LogP contribution in [-0.4, -0.2) is 46.0 Å². The van der Waals surface area contributed by atoms with Gasteiger partial charge in [-0.15, -0.1) is 0 Å². The summed E-state index contributed by atoms with van der Waals surface area (Å²) in [5.41, 5.74) is 10.3. The molecule has 1 unspecified atom stereocenters. The number of ether oxygens (including phenoxy) is 1. The van der Waals surface area contributed by atoms with Crippen molar-refractivity contribution in [1.82, 2.24) is 20.2 Å². The Hall–Kier alpha value is -3.52. The van der Waals surface area contributed by atoms with Gasteiger partial charge in [-0.2, -0.15) is 5.10 Å². The van der Waals surface area contributed by atoms with Gasteiger partial charge in [-0.1, -0.05) is 0 Å². The summed E-state index contributed by atoms with van der Waals surface area (Å²) in [7, 11) is 0. The SMILES string of the molecule is CC1COCCN1c1cc(-c2cc(F)ccc2N)c2ccnc(-c3ccn[nH]3)c2n1. The highest BCUT2D eigenvalue weighted by Crippen LogP contribution is 2.37. The number of morpholine rings is 1. The topological polar surface area (TPSA) is 93.0 Å². The average Bonchev–Trinajstić information content (AvgIpc) is 3.29. The highest BCUT2D eigenvalue weighted by molar-refractivity contribution is 6.03. The minimum atomic E-state index is -0.340. The summed E-state index contributed by atoms with van der Waals surface area (Å²) in [6, 6.07) is 10.3. The summed E-state index contributed by atoms with van der Waals surface area (Å²) < 4.78 is 19.7. The summed E-state index contributed by atoms with van der Waals surface area (Å²) in [5, 5.41) is 7.85. The Kier molecular flexibility index (Phi) is 4.55. The molecule has 1 aliphatic heterocycles. The van der Waals surface area contributed by atoms with Crippen LogP contribution in [0.1, 0.15) is 6.92 Å². The number of hydrogen-bond acceptors (Lipinski definition) is 6. The molecule has 1 aromatic carbocycles. The highest BCUT2D eigenvalue weighted by Gasteiger charge is 2.23. The van der Waals surface area contributed by atoms with Crippen molar-refractivity contribution in [2.75, 3.05) is 30.4 Å². The van der Waals surface area contributed by atoms with Gasteiger partial charge in [-0.05, 0) is 48.9 Å². The van der Waals surface area contributed by atoms with Crippen LogP contribution in [-0.2, 0) is 4.74 Å². The Labute approximate surface area is 172 Å². The molecule has 3 N–H and O–H groups in total.